The molecular weight excluding hydrogens is 296 g/mol. The Labute approximate surface area is 113 Å². The lowest BCUT2D eigenvalue weighted by molar-refractivity contribution is 0.121. The zero-order chi connectivity index (χ0) is 12.5. The molecule has 1 fully saturated rings. The standard InChI is InChI=1S/C13H13BrN2O2/c14-8-4-5-12(17-9-2-1-3-9)10(6-8)11-7-16-18-13(11)15/h4-7,9H,1-3,15H2. The molecule has 1 aromatic heterocycles. The summed E-state index contributed by atoms with van der Waals surface area (Å²) in [5.74, 6) is 1.14. The van der Waals surface area contributed by atoms with Gasteiger partial charge in [0.05, 0.1) is 17.9 Å². The summed E-state index contributed by atoms with van der Waals surface area (Å²) in [6.45, 7) is 0. The van der Waals surface area contributed by atoms with Crippen LogP contribution in [0.4, 0.5) is 5.88 Å². The van der Waals surface area contributed by atoms with E-state index >= 15 is 0 Å². The predicted octanol–water partition coefficient (Wildman–Crippen LogP) is 3.62. The molecule has 1 aromatic carbocycles. The highest BCUT2D eigenvalue weighted by Crippen LogP contribution is 2.38. The van der Waals surface area contributed by atoms with Crippen molar-refractivity contribution in [1.29, 1.82) is 0 Å². The molecule has 0 saturated heterocycles. The molecule has 18 heavy (non-hydrogen) atoms. The lowest BCUT2D eigenvalue weighted by Crippen LogP contribution is -2.24. The number of anilines is 1. The van der Waals surface area contributed by atoms with Gasteiger partial charge in [0.15, 0.2) is 0 Å². The van der Waals surface area contributed by atoms with E-state index in [9.17, 15) is 0 Å². The maximum Gasteiger partial charge on any atom is 0.230 e. The molecular formula is C13H13BrN2O2. The van der Waals surface area contributed by atoms with Gasteiger partial charge in [0.25, 0.3) is 0 Å². The topological polar surface area (TPSA) is 61.3 Å². The zero-order valence-corrected chi connectivity index (χ0v) is 11.3. The van der Waals surface area contributed by atoms with E-state index in [2.05, 4.69) is 21.1 Å². The van der Waals surface area contributed by atoms with Gasteiger partial charge in [-0.3, -0.25) is 0 Å². The highest BCUT2D eigenvalue weighted by Gasteiger charge is 2.22. The lowest BCUT2D eigenvalue weighted by Gasteiger charge is -2.27. The van der Waals surface area contributed by atoms with E-state index in [4.69, 9.17) is 15.0 Å². The molecule has 0 radical (unpaired) electrons. The van der Waals surface area contributed by atoms with E-state index in [0.29, 0.717) is 12.0 Å². The fraction of sp³-hybridized carbons (Fsp3) is 0.308. The van der Waals surface area contributed by atoms with Gasteiger partial charge in [0.2, 0.25) is 5.88 Å². The highest BCUT2D eigenvalue weighted by atomic mass is 79.9. The van der Waals surface area contributed by atoms with Gasteiger partial charge in [-0.25, -0.2) is 0 Å². The van der Waals surface area contributed by atoms with Crippen molar-refractivity contribution < 1.29 is 9.26 Å². The van der Waals surface area contributed by atoms with Crippen molar-refractivity contribution in [2.24, 2.45) is 0 Å². The largest absolute Gasteiger partial charge is 0.490 e. The Kier molecular flexibility index (Phi) is 2.99. The Morgan fingerprint density at radius 1 is 1.33 bits per heavy atom. The van der Waals surface area contributed by atoms with Crippen LogP contribution in [0.5, 0.6) is 5.75 Å². The Bertz CT molecular complexity index is 564. The first kappa shape index (κ1) is 11.6. The van der Waals surface area contributed by atoms with Crippen LogP contribution in [0, 0.1) is 0 Å². The van der Waals surface area contributed by atoms with Crippen LogP contribution in [0.2, 0.25) is 0 Å². The molecule has 4 nitrogen and oxygen atoms in total. The second-order valence-electron chi connectivity index (χ2n) is 4.41. The molecule has 5 heteroatoms. The summed E-state index contributed by atoms with van der Waals surface area (Å²) in [5.41, 5.74) is 7.45. The number of hydrogen-bond donors (Lipinski definition) is 1. The van der Waals surface area contributed by atoms with Gasteiger partial charge in [-0.05, 0) is 37.5 Å². The first-order chi connectivity index (χ1) is 8.74. The Hall–Kier alpha value is -1.49. The summed E-state index contributed by atoms with van der Waals surface area (Å²) in [6.07, 6.45) is 5.42. The number of rotatable bonds is 3. The number of ether oxygens (including phenoxy) is 1. The monoisotopic (exact) mass is 308 g/mol. The summed E-state index contributed by atoms with van der Waals surface area (Å²) in [6, 6.07) is 5.88. The molecule has 94 valence electrons. The minimum Gasteiger partial charge on any atom is -0.490 e. The zero-order valence-electron chi connectivity index (χ0n) is 9.73. The molecule has 0 amide bonds. The van der Waals surface area contributed by atoms with Crippen LogP contribution in [-0.4, -0.2) is 11.3 Å². The third-order valence-electron chi connectivity index (χ3n) is 3.18. The molecule has 2 aromatic rings. The molecule has 0 aliphatic heterocycles. The lowest BCUT2D eigenvalue weighted by atomic mass is 9.96. The van der Waals surface area contributed by atoms with Gasteiger partial charge in [-0.15, -0.1) is 0 Å². The van der Waals surface area contributed by atoms with Crippen molar-refractivity contribution in [2.45, 2.75) is 25.4 Å². The summed E-state index contributed by atoms with van der Waals surface area (Å²) in [7, 11) is 0. The Morgan fingerprint density at radius 3 is 2.78 bits per heavy atom. The molecule has 0 atom stereocenters. The fourth-order valence-corrected chi connectivity index (χ4v) is 2.30. The number of aromatic nitrogens is 1. The minimum atomic E-state index is 0.312. The van der Waals surface area contributed by atoms with Gasteiger partial charge < -0.3 is 15.0 Å². The van der Waals surface area contributed by atoms with Crippen LogP contribution >= 0.6 is 15.9 Å². The Morgan fingerprint density at radius 2 is 2.17 bits per heavy atom. The maximum absolute atomic E-state index is 5.97. The van der Waals surface area contributed by atoms with Crippen LogP contribution in [0.15, 0.2) is 33.4 Å². The summed E-state index contributed by atoms with van der Waals surface area (Å²) in [4.78, 5) is 0. The van der Waals surface area contributed by atoms with Gasteiger partial charge in [0.1, 0.15) is 5.75 Å². The number of halogens is 1. The van der Waals surface area contributed by atoms with Gasteiger partial charge in [-0.2, -0.15) is 0 Å². The van der Waals surface area contributed by atoms with Crippen LogP contribution < -0.4 is 10.5 Å². The van der Waals surface area contributed by atoms with Crippen LogP contribution in [0.3, 0.4) is 0 Å². The number of benzene rings is 1. The van der Waals surface area contributed by atoms with E-state index in [0.717, 1.165) is 34.2 Å². The van der Waals surface area contributed by atoms with Crippen molar-refractivity contribution in [3.63, 3.8) is 0 Å². The smallest absolute Gasteiger partial charge is 0.230 e. The number of hydrogen-bond acceptors (Lipinski definition) is 4. The number of nitrogen functional groups attached to an aromatic ring is 1. The summed E-state index contributed by atoms with van der Waals surface area (Å²) < 4.78 is 11.9. The fourth-order valence-electron chi connectivity index (χ4n) is 1.93. The molecule has 0 spiro atoms. The first-order valence-electron chi connectivity index (χ1n) is 5.91. The van der Waals surface area contributed by atoms with Crippen LogP contribution in [0.25, 0.3) is 11.1 Å². The number of nitrogens with zero attached hydrogens (tertiary/aromatic N) is 1. The molecule has 1 saturated carbocycles. The summed E-state index contributed by atoms with van der Waals surface area (Å²) in [5, 5.41) is 3.71. The van der Waals surface area contributed by atoms with Crippen molar-refractivity contribution >= 4 is 21.8 Å². The van der Waals surface area contributed by atoms with Crippen molar-refractivity contribution in [3.8, 4) is 16.9 Å². The van der Waals surface area contributed by atoms with E-state index < -0.39 is 0 Å². The third-order valence-corrected chi connectivity index (χ3v) is 3.67. The Balaban J connectivity index is 2.00. The first-order valence-corrected chi connectivity index (χ1v) is 6.70. The minimum absolute atomic E-state index is 0.312. The molecule has 1 aliphatic rings. The SMILES string of the molecule is Nc1oncc1-c1cc(Br)ccc1OC1CCC1. The van der Waals surface area contributed by atoms with Crippen LogP contribution in [-0.2, 0) is 0 Å². The highest BCUT2D eigenvalue weighted by molar-refractivity contribution is 9.10. The molecule has 2 N–H and O–H groups in total. The predicted molar refractivity (Wildman–Crippen MR) is 72.3 cm³/mol. The average Bonchev–Trinajstić information content (AvgIpc) is 2.71. The average molecular weight is 309 g/mol. The van der Waals surface area contributed by atoms with E-state index in [1.54, 1.807) is 6.20 Å². The molecule has 1 heterocycles. The maximum atomic E-state index is 5.97. The van der Waals surface area contributed by atoms with E-state index in [1.165, 1.54) is 6.42 Å². The van der Waals surface area contributed by atoms with E-state index in [-0.39, 0.29) is 0 Å². The van der Waals surface area contributed by atoms with Gasteiger partial charge in [0, 0.05) is 10.0 Å². The van der Waals surface area contributed by atoms with Crippen molar-refractivity contribution in [3.05, 3.63) is 28.9 Å². The van der Waals surface area contributed by atoms with Gasteiger partial charge in [-0.1, -0.05) is 21.1 Å². The van der Waals surface area contributed by atoms with Gasteiger partial charge >= 0.3 is 0 Å². The van der Waals surface area contributed by atoms with Crippen molar-refractivity contribution in [1.82, 2.24) is 5.16 Å². The van der Waals surface area contributed by atoms with Crippen molar-refractivity contribution in [2.75, 3.05) is 5.73 Å². The normalized spacial score (nSPS) is 15.4. The second kappa shape index (κ2) is 4.65. The van der Waals surface area contributed by atoms with E-state index in [1.807, 2.05) is 18.2 Å². The second-order valence-corrected chi connectivity index (χ2v) is 5.33. The molecule has 3 rings (SSSR count). The van der Waals surface area contributed by atoms with Crippen LogP contribution in [0.1, 0.15) is 19.3 Å². The molecule has 0 bridgehead atoms. The summed E-state index contributed by atoms with van der Waals surface area (Å²) >= 11 is 3.46. The third kappa shape index (κ3) is 2.10. The quantitative estimate of drug-likeness (QED) is 0.940. The molecule has 1 aliphatic carbocycles. The number of nitrogens with two attached hydrogens (primary N) is 1. The molecule has 0 unspecified atom stereocenters.